The lowest BCUT2D eigenvalue weighted by Gasteiger charge is -2.15. The molecule has 0 saturated heterocycles. The Morgan fingerprint density at radius 1 is 1.00 bits per heavy atom. The Kier molecular flexibility index (Phi) is 4.28. The normalized spacial score (nSPS) is 21.1. The Balaban J connectivity index is 1.49. The Hall–Kier alpha value is -1.16. The highest BCUT2D eigenvalue weighted by Gasteiger charge is 2.20. The van der Waals surface area contributed by atoms with Crippen LogP contribution >= 0.6 is 0 Å². The van der Waals surface area contributed by atoms with E-state index in [-0.39, 0.29) is 0 Å². The van der Waals surface area contributed by atoms with Crippen molar-refractivity contribution in [3.05, 3.63) is 17.8 Å². The molecule has 2 fully saturated rings. The van der Waals surface area contributed by atoms with Gasteiger partial charge >= 0.3 is 0 Å². The van der Waals surface area contributed by atoms with Crippen LogP contribution < -0.4 is 10.1 Å². The molecule has 3 rings (SSSR count). The largest absolute Gasteiger partial charge is 0.473 e. The van der Waals surface area contributed by atoms with E-state index in [1.165, 1.54) is 38.5 Å². The van der Waals surface area contributed by atoms with Crippen LogP contribution in [0.3, 0.4) is 0 Å². The maximum absolute atomic E-state index is 5.93. The fourth-order valence-corrected chi connectivity index (χ4v) is 2.57. The number of hydrogen-bond acceptors (Lipinski definition) is 4. The molecule has 2 aliphatic carbocycles. The Morgan fingerprint density at radius 3 is 2.42 bits per heavy atom. The molecular weight excluding hydrogens is 238 g/mol. The molecule has 0 aromatic carbocycles. The van der Waals surface area contributed by atoms with Gasteiger partial charge in [-0.15, -0.1) is 5.10 Å². The summed E-state index contributed by atoms with van der Waals surface area (Å²) in [7, 11) is 0. The average Bonchev–Trinajstić information content (AvgIpc) is 3.26. The third-order valence-corrected chi connectivity index (χ3v) is 3.93. The summed E-state index contributed by atoms with van der Waals surface area (Å²) in [5.41, 5.74) is 1.00. The first-order valence-corrected chi connectivity index (χ1v) is 7.63. The number of nitrogens with one attached hydrogen (secondary N) is 1. The van der Waals surface area contributed by atoms with Gasteiger partial charge in [0.25, 0.3) is 0 Å². The summed E-state index contributed by atoms with van der Waals surface area (Å²) < 4.78 is 5.93. The number of ether oxygens (including phenoxy) is 1. The zero-order chi connectivity index (χ0) is 12.9. The summed E-state index contributed by atoms with van der Waals surface area (Å²) in [6.07, 6.45) is 10.5. The minimum Gasteiger partial charge on any atom is -0.473 e. The summed E-state index contributed by atoms with van der Waals surface area (Å²) in [6.45, 7) is 0.821. The lowest BCUT2D eigenvalue weighted by molar-refractivity contribution is 0.174. The predicted molar refractivity (Wildman–Crippen MR) is 74.0 cm³/mol. The average molecular weight is 261 g/mol. The van der Waals surface area contributed by atoms with Crippen molar-refractivity contribution in [3.8, 4) is 5.88 Å². The second-order valence-electron chi connectivity index (χ2n) is 5.75. The van der Waals surface area contributed by atoms with Crippen molar-refractivity contribution in [1.82, 2.24) is 15.5 Å². The fourth-order valence-electron chi connectivity index (χ4n) is 2.57. The molecule has 4 heteroatoms. The molecule has 1 aromatic rings. The molecule has 19 heavy (non-hydrogen) atoms. The van der Waals surface area contributed by atoms with Gasteiger partial charge in [0, 0.05) is 18.7 Å². The molecule has 104 valence electrons. The van der Waals surface area contributed by atoms with E-state index in [0.717, 1.165) is 25.1 Å². The Morgan fingerprint density at radius 2 is 1.79 bits per heavy atom. The molecule has 0 atom stereocenters. The van der Waals surface area contributed by atoms with Crippen LogP contribution in [0.5, 0.6) is 5.88 Å². The van der Waals surface area contributed by atoms with Gasteiger partial charge in [-0.05, 0) is 44.6 Å². The molecule has 0 amide bonds. The molecule has 0 aliphatic heterocycles. The summed E-state index contributed by atoms with van der Waals surface area (Å²) in [6, 6.07) is 4.69. The lowest BCUT2D eigenvalue weighted by Crippen LogP contribution is -2.18. The maximum atomic E-state index is 5.93. The Labute approximate surface area is 115 Å². The van der Waals surface area contributed by atoms with E-state index >= 15 is 0 Å². The highest BCUT2D eigenvalue weighted by Crippen LogP contribution is 2.22. The topological polar surface area (TPSA) is 47.0 Å². The van der Waals surface area contributed by atoms with Crippen LogP contribution in [0.4, 0.5) is 0 Å². The molecule has 1 N–H and O–H groups in total. The maximum Gasteiger partial charge on any atom is 0.233 e. The van der Waals surface area contributed by atoms with Gasteiger partial charge < -0.3 is 10.1 Å². The van der Waals surface area contributed by atoms with Gasteiger partial charge in [-0.25, -0.2) is 0 Å². The second-order valence-corrected chi connectivity index (χ2v) is 5.75. The number of aromatic nitrogens is 2. The van der Waals surface area contributed by atoms with E-state index < -0.39 is 0 Å². The van der Waals surface area contributed by atoms with Crippen LogP contribution in [-0.4, -0.2) is 22.3 Å². The molecule has 0 spiro atoms. The van der Waals surface area contributed by atoms with Crippen LogP contribution in [0.25, 0.3) is 0 Å². The molecule has 0 unspecified atom stereocenters. The zero-order valence-electron chi connectivity index (χ0n) is 11.5. The van der Waals surface area contributed by atoms with E-state index in [2.05, 4.69) is 15.5 Å². The quantitative estimate of drug-likeness (QED) is 0.828. The van der Waals surface area contributed by atoms with Crippen LogP contribution in [0.2, 0.25) is 0 Å². The molecule has 1 aromatic heterocycles. The Bertz CT molecular complexity index is 381. The van der Waals surface area contributed by atoms with Gasteiger partial charge in [0.2, 0.25) is 5.88 Å². The number of rotatable bonds is 5. The summed E-state index contributed by atoms with van der Waals surface area (Å²) in [5, 5.41) is 11.9. The highest BCUT2D eigenvalue weighted by atomic mass is 16.5. The fraction of sp³-hybridized carbons (Fsp3) is 0.733. The van der Waals surface area contributed by atoms with Crippen LogP contribution in [0.1, 0.15) is 57.1 Å². The third kappa shape index (κ3) is 4.16. The molecule has 2 saturated carbocycles. The van der Waals surface area contributed by atoms with E-state index in [4.69, 9.17) is 4.74 Å². The van der Waals surface area contributed by atoms with E-state index in [9.17, 15) is 0 Å². The number of nitrogens with zero attached hydrogens (tertiary/aromatic N) is 2. The smallest absolute Gasteiger partial charge is 0.233 e. The van der Waals surface area contributed by atoms with Crippen LogP contribution in [0, 0.1) is 0 Å². The molecule has 0 radical (unpaired) electrons. The van der Waals surface area contributed by atoms with Crippen LogP contribution in [-0.2, 0) is 6.54 Å². The first-order valence-electron chi connectivity index (χ1n) is 7.63. The zero-order valence-corrected chi connectivity index (χ0v) is 11.5. The van der Waals surface area contributed by atoms with Gasteiger partial charge in [0.05, 0.1) is 5.69 Å². The van der Waals surface area contributed by atoms with E-state index in [1.54, 1.807) is 0 Å². The lowest BCUT2D eigenvalue weighted by atomic mass is 10.1. The first-order chi connectivity index (χ1) is 9.40. The van der Waals surface area contributed by atoms with Gasteiger partial charge in [0.1, 0.15) is 6.10 Å². The van der Waals surface area contributed by atoms with Crippen molar-refractivity contribution in [2.75, 3.05) is 0 Å². The van der Waals surface area contributed by atoms with Gasteiger partial charge in [-0.1, -0.05) is 12.8 Å². The van der Waals surface area contributed by atoms with Gasteiger partial charge in [-0.3, -0.25) is 0 Å². The van der Waals surface area contributed by atoms with E-state index in [0.29, 0.717) is 18.0 Å². The first kappa shape index (κ1) is 12.9. The molecule has 0 bridgehead atoms. The molecule has 4 nitrogen and oxygen atoms in total. The van der Waals surface area contributed by atoms with Gasteiger partial charge in [-0.2, -0.15) is 5.10 Å². The summed E-state index contributed by atoms with van der Waals surface area (Å²) in [4.78, 5) is 0. The van der Waals surface area contributed by atoms with Crippen molar-refractivity contribution in [1.29, 1.82) is 0 Å². The second kappa shape index (κ2) is 6.33. The molecule has 1 heterocycles. The van der Waals surface area contributed by atoms with Crippen LogP contribution in [0.15, 0.2) is 12.1 Å². The third-order valence-electron chi connectivity index (χ3n) is 3.93. The number of hydrogen-bond donors (Lipinski definition) is 1. The standard InChI is InChI=1S/C15H23N3O/c1-2-4-6-14(5-3-1)19-15-10-9-13(17-18-15)11-16-12-7-8-12/h9-10,12,14,16H,1-8,11H2. The molecule has 2 aliphatic rings. The van der Waals surface area contributed by atoms with Crippen molar-refractivity contribution in [2.24, 2.45) is 0 Å². The summed E-state index contributed by atoms with van der Waals surface area (Å²) in [5.74, 6) is 0.682. The van der Waals surface area contributed by atoms with Crippen molar-refractivity contribution in [2.45, 2.75) is 70.1 Å². The minimum absolute atomic E-state index is 0.340. The van der Waals surface area contributed by atoms with E-state index in [1.807, 2.05) is 12.1 Å². The minimum atomic E-state index is 0.340. The van der Waals surface area contributed by atoms with Gasteiger partial charge in [0.15, 0.2) is 0 Å². The van der Waals surface area contributed by atoms with Crippen molar-refractivity contribution in [3.63, 3.8) is 0 Å². The molecular formula is C15H23N3O. The predicted octanol–water partition coefficient (Wildman–Crippen LogP) is 2.83. The van der Waals surface area contributed by atoms with Crippen molar-refractivity contribution >= 4 is 0 Å². The van der Waals surface area contributed by atoms with Crippen molar-refractivity contribution < 1.29 is 4.74 Å². The monoisotopic (exact) mass is 261 g/mol. The SMILES string of the molecule is c1cc(OC2CCCCCC2)nnc1CNC1CC1. The summed E-state index contributed by atoms with van der Waals surface area (Å²) >= 11 is 0. The highest BCUT2D eigenvalue weighted by molar-refractivity contribution is 5.12.